The summed E-state index contributed by atoms with van der Waals surface area (Å²) in [4.78, 5) is 17.1. The number of aromatic nitrogens is 2. The van der Waals surface area contributed by atoms with E-state index in [0.717, 1.165) is 22.3 Å². The summed E-state index contributed by atoms with van der Waals surface area (Å²) in [6.07, 6.45) is 1.78. The first kappa shape index (κ1) is 18.6. The van der Waals surface area contributed by atoms with E-state index in [-0.39, 0.29) is 5.91 Å². The molecule has 0 aliphatic carbocycles. The lowest BCUT2D eigenvalue weighted by Crippen LogP contribution is -2.13. The minimum Gasteiger partial charge on any atom is -0.493 e. The van der Waals surface area contributed by atoms with E-state index in [1.165, 1.54) is 0 Å². The highest BCUT2D eigenvalue weighted by molar-refractivity contribution is 6.05. The molecule has 3 aromatic carbocycles. The van der Waals surface area contributed by atoms with Crippen LogP contribution < -0.4 is 14.8 Å². The molecule has 29 heavy (non-hydrogen) atoms. The summed E-state index contributed by atoms with van der Waals surface area (Å²) in [5, 5.41) is 2.94. The molecule has 4 aromatic rings. The van der Waals surface area contributed by atoms with Crippen molar-refractivity contribution in [1.82, 2.24) is 9.55 Å². The van der Waals surface area contributed by atoms with Crippen LogP contribution >= 0.6 is 0 Å². The van der Waals surface area contributed by atoms with E-state index in [1.54, 1.807) is 38.7 Å². The van der Waals surface area contributed by atoms with Gasteiger partial charge in [-0.25, -0.2) is 4.98 Å². The second-order valence-corrected chi connectivity index (χ2v) is 6.63. The molecule has 0 radical (unpaired) electrons. The van der Waals surface area contributed by atoms with Crippen LogP contribution in [0.15, 0.2) is 67.0 Å². The van der Waals surface area contributed by atoms with Crippen LogP contribution in [0.4, 0.5) is 5.69 Å². The van der Waals surface area contributed by atoms with Crippen LogP contribution in [0.2, 0.25) is 0 Å². The number of nitrogens with one attached hydrogen (secondary N) is 1. The van der Waals surface area contributed by atoms with Crippen molar-refractivity contribution in [3.8, 4) is 17.2 Å². The summed E-state index contributed by atoms with van der Waals surface area (Å²) in [5.41, 5.74) is 5.02. The summed E-state index contributed by atoms with van der Waals surface area (Å²) in [5.74, 6) is 0.998. The van der Waals surface area contributed by atoms with E-state index in [1.807, 2.05) is 54.0 Å². The first-order valence-corrected chi connectivity index (χ1v) is 9.17. The lowest BCUT2D eigenvalue weighted by Gasteiger charge is -2.14. The number of fused-ring (bicyclic) bond motifs is 1. The number of para-hydroxylation sites is 2. The zero-order chi connectivity index (χ0) is 20.4. The molecule has 1 heterocycles. The number of nitrogens with zero attached hydrogens (tertiary/aromatic N) is 2. The van der Waals surface area contributed by atoms with Gasteiger partial charge < -0.3 is 14.8 Å². The van der Waals surface area contributed by atoms with Gasteiger partial charge in [0.25, 0.3) is 5.91 Å². The highest BCUT2D eigenvalue weighted by atomic mass is 16.5. The molecule has 1 amide bonds. The van der Waals surface area contributed by atoms with Crippen LogP contribution in [-0.2, 0) is 0 Å². The van der Waals surface area contributed by atoms with Crippen LogP contribution in [0, 0.1) is 6.92 Å². The van der Waals surface area contributed by atoms with Crippen LogP contribution in [0.25, 0.3) is 16.7 Å². The van der Waals surface area contributed by atoms with Crippen molar-refractivity contribution >= 4 is 22.6 Å². The van der Waals surface area contributed by atoms with E-state index < -0.39 is 0 Å². The molecule has 0 atom stereocenters. The maximum atomic E-state index is 12.7. The molecule has 0 aliphatic heterocycles. The van der Waals surface area contributed by atoms with Crippen molar-refractivity contribution in [2.75, 3.05) is 19.5 Å². The Labute approximate surface area is 168 Å². The highest BCUT2D eigenvalue weighted by Gasteiger charge is 2.13. The predicted octanol–water partition coefficient (Wildman–Crippen LogP) is 4.60. The van der Waals surface area contributed by atoms with Crippen molar-refractivity contribution < 1.29 is 14.3 Å². The summed E-state index contributed by atoms with van der Waals surface area (Å²) >= 11 is 0. The second-order valence-electron chi connectivity index (χ2n) is 6.63. The number of ether oxygens (including phenoxy) is 2. The van der Waals surface area contributed by atoms with Crippen LogP contribution in [0.1, 0.15) is 15.9 Å². The maximum absolute atomic E-state index is 12.7. The Morgan fingerprint density at radius 3 is 2.38 bits per heavy atom. The zero-order valence-corrected chi connectivity index (χ0v) is 16.5. The fraction of sp³-hybridized carbons (Fsp3) is 0.130. The van der Waals surface area contributed by atoms with Crippen molar-refractivity contribution in [2.24, 2.45) is 0 Å². The van der Waals surface area contributed by atoms with Gasteiger partial charge in [-0.05, 0) is 55.0 Å². The number of carbonyl (C=O) groups excluding carboxylic acids is 1. The van der Waals surface area contributed by atoms with E-state index in [9.17, 15) is 4.79 Å². The summed E-state index contributed by atoms with van der Waals surface area (Å²) < 4.78 is 12.6. The summed E-state index contributed by atoms with van der Waals surface area (Å²) in [6.45, 7) is 1.91. The highest BCUT2D eigenvalue weighted by Crippen LogP contribution is 2.33. The van der Waals surface area contributed by atoms with Gasteiger partial charge in [0.2, 0.25) is 0 Å². The smallest absolute Gasteiger partial charge is 0.255 e. The van der Waals surface area contributed by atoms with E-state index >= 15 is 0 Å². The normalized spacial score (nSPS) is 10.7. The van der Waals surface area contributed by atoms with Crippen molar-refractivity contribution in [3.05, 3.63) is 78.1 Å². The minimum absolute atomic E-state index is 0.192. The lowest BCUT2D eigenvalue weighted by molar-refractivity contribution is 0.102. The molecule has 0 saturated heterocycles. The number of hydrogen-bond donors (Lipinski definition) is 1. The molecule has 0 saturated carbocycles. The third-order valence-corrected chi connectivity index (χ3v) is 4.84. The van der Waals surface area contributed by atoms with Gasteiger partial charge in [-0.3, -0.25) is 9.36 Å². The Morgan fingerprint density at radius 2 is 1.66 bits per heavy atom. The third kappa shape index (κ3) is 3.52. The van der Waals surface area contributed by atoms with Gasteiger partial charge in [0.1, 0.15) is 6.33 Å². The Balaban J connectivity index is 1.57. The Bertz CT molecular complexity index is 1180. The Hall–Kier alpha value is -3.80. The molecule has 146 valence electrons. The molecule has 1 aromatic heterocycles. The fourth-order valence-corrected chi connectivity index (χ4v) is 3.25. The SMILES string of the molecule is COc1cc(C)c(NC(=O)c2ccc(-n3cnc4ccccc43)cc2)cc1OC. The number of carbonyl (C=O) groups is 1. The van der Waals surface area contributed by atoms with Crippen molar-refractivity contribution in [2.45, 2.75) is 6.92 Å². The van der Waals surface area contributed by atoms with Crippen molar-refractivity contribution in [1.29, 1.82) is 0 Å². The van der Waals surface area contributed by atoms with Gasteiger partial charge in [0.05, 0.1) is 25.3 Å². The molecular weight excluding hydrogens is 366 g/mol. The number of hydrogen-bond acceptors (Lipinski definition) is 4. The van der Waals surface area contributed by atoms with Gasteiger partial charge in [0.15, 0.2) is 11.5 Å². The molecular formula is C23H21N3O3. The standard InChI is InChI=1S/C23H21N3O3/c1-15-12-21(28-2)22(29-3)13-19(15)25-23(27)16-8-10-17(11-9-16)26-14-24-18-6-4-5-7-20(18)26/h4-14H,1-3H3,(H,25,27). The average molecular weight is 387 g/mol. The molecule has 4 rings (SSSR count). The first-order valence-electron chi connectivity index (χ1n) is 9.17. The van der Waals surface area contributed by atoms with E-state index in [2.05, 4.69) is 10.3 Å². The molecule has 6 heteroatoms. The minimum atomic E-state index is -0.192. The van der Waals surface area contributed by atoms with Crippen molar-refractivity contribution in [3.63, 3.8) is 0 Å². The van der Waals surface area contributed by atoms with Gasteiger partial charge in [-0.15, -0.1) is 0 Å². The summed E-state index contributed by atoms with van der Waals surface area (Å²) in [6, 6.07) is 18.9. The molecule has 1 N–H and O–H groups in total. The largest absolute Gasteiger partial charge is 0.493 e. The number of methoxy groups -OCH3 is 2. The van der Waals surface area contributed by atoms with Gasteiger partial charge >= 0.3 is 0 Å². The van der Waals surface area contributed by atoms with Crippen LogP contribution in [0.5, 0.6) is 11.5 Å². The van der Waals surface area contributed by atoms with Crippen LogP contribution in [-0.4, -0.2) is 29.7 Å². The third-order valence-electron chi connectivity index (χ3n) is 4.84. The summed E-state index contributed by atoms with van der Waals surface area (Å²) in [7, 11) is 3.15. The maximum Gasteiger partial charge on any atom is 0.255 e. The number of aryl methyl sites for hydroxylation is 1. The van der Waals surface area contributed by atoms with E-state index in [4.69, 9.17) is 9.47 Å². The first-order chi connectivity index (χ1) is 14.1. The molecule has 0 aliphatic rings. The predicted molar refractivity (Wildman–Crippen MR) is 113 cm³/mol. The fourth-order valence-electron chi connectivity index (χ4n) is 3.25. The molecule has 6 nitrogen and oxygen atoms in total. The van der Waals surface area contributed by atoms with Gasteiger partial charge in [-0.2, -0.15) is 0 Å². The number of amides is 1. The topological polar surface area (TPSA) is 65.4 Å². The number of benzene rings is 3. The molecule has 0 unspecified atom stereocenters. The lowest BCUT2D eigenvalue weighted by atomic mass is 10.1. The van der Waals surface area contributed by atoms with Gasteiger partial charge in [-0.1, -0.05) is 12.1 Å². The Morgan fingerprint density at radius 1 is 0.966 bits per heavy atom. The molecule has 0 spiro atoms. The van der Waals surface area contributed by atoms with Gasteiger partial charge in [0, 0.05) is 23.0 Å². The Kier molecular flexibility index (Phi) is 4.91. The van der Waals surface area contributed by atoms with Crippen LogP contribution in [0.3, 0.4) is 0 Å². The molecule has 0 fully saturated rings. The second kappa shape index (κ2) is 7.67. The average Bonchev–Trinajstić information content (AvgIpc) is 3.19. The quantitative estimate of drug-likeness (QED) is 0.543. The molecule has 0 bridgehead atoms. The number of rotatable bonds is 5. The number of imidazole rings is 1. The van der Waals surface area contributed by atoms with E-state index in [0.29, 0.717) is 22.7 Å². The number of anilines is 1. The monoisotopic (exact) mass is 387 g/mol. The zero-order valence-electron chi connectivity index (χ0n) is 16.5.